The maximum atomic E-state index is 12.3. The molecule has 116 valence electrons. The predicted octanol–water partition coefficient (Wildman–Crippen LogP) is 2.57. The van der Waals surface area contributed by atoms with Crippen LogP contribution in [0.15, 0.2) is 29.2 Å². The van der Waals surface area contributed by atoms with Gasteiger partial charge < -0.3 is 9.84 Å². The SMILES string of the molecule is O=C(O)CN1C(=O)/C(=C/c2ccccc2OC(F)F)SC1=S. The predicted molar refractivity (Wildman–Crippen MR) is 80.6 cm³/mol. The zero-order valence-electron chi connectivity index (χ0n) is 10.9. The van der Waals surface area contributed by atoms with E-state index >= 15 is 0 Å². The molecule has 1 saturated heterocycles. The molecule has 0 bridgehead atoms. The Morgan fingerprint density at radius 2 is 2.14 bits per heavy atom. The van der Waals surface area contributed by atoms with Gasteiger partial charge in [0.25, 0.3) is 5.91 Å². The first-order valence-corrected chi connectivity index (χ1v) is 7.12. The summed E-state index contributed by atoms with van der Waals surface area (Å²) in [7, 11) is 0. The van der Waals surface area contributed by atoms with Gasteiger partial charge in [0.1, 0.15) is 16.6 Å². The number of rotatable bonds is 5. The Morgan fingerprint density at radius 1 is 1.45 bits per heavy atom. The van der Waals surface area contributed by atoms with Crippen LogP contribution in [0, 0.1) is 0 Å². The van der Waals surface area contributed by atoms with Gasteiger partial charge in [0, 0.05) is 5.56 Å². The van der Waals surface area contributed by atoms with Crippen molar-refractivity contribution < 1.29 is 28.2 Å². The van der Waals surface area contributed by atoms with Gasteiger partial charge in [0.15, 0.2) is 0 Å². The van der Waals surface area contributed by atoms with E-state index in [1.807, 2.05) is 0 Å². The summed E-state index contributed by atoms with van der Waals surface area (Å²) >= 11 is 5.85. The van der Waals surface area contributed by atoms with Crippen LogP contribution >= 0.6 is 24.0 Å². The second kappa shape index (κ2) is 6.84. The average molecular weight is 345 g/mol. The monoisotopic (exact) mass is 345 g/mol. The van der Waals surface area contributed by atoms with Gasteiger partial charge in [0.05, 0.1) is 4.91 Å². The first-order valence-electron chi connectivity index (χ1n) is 5.89. The van der Waals surface area contributed by atoms with Crippen molar-refractivity contribution in [2.45, 2.75) is 6.61 Å². The van der Waals surface area contributed by atoms with Crippen molar-refractivity contribution in [1.82, 2.24) is 4.90 Å². The number of nitrogens with zero attached hydrogens (tertiary/aromatic N) is 1. The van der Waals surface area contributed by atoms with Crippen LogP contribution in [0.1, 0.15) is 5.56 Å². The molecule has 0 radical (unpaired) electrons. The Hall–Kier alpha value is -2.00. The molecule has 1 aliphatic heterocycles. The van der Waals surface area contributed by atoms with Gasteiger partial charge in [-0.25, -0.2) is 0 Å². The lowest BCUT2D eigenvalue weighted by atomic mass is 10.2. The van der Waals surface area contributed by atoms with E-state index in [9.17, 15) is 18.4 Å². The fourth-order valence-electron chi connectivity index (χ4n) is 1.72. The van der Waals surface area contributed by atoms with E-state index < -0.39 is 25.0 Å². The number of thiocarbonyl (C=S) groups is 1. The van der Waals surface area contributed by atoms with Crippen LogP contribution in [-0.4, -0.2) is 39.4 Å². The fourth-order valence-corrected chi connectivity index (χ4v) is 2.96. The van der Waals surface area contributed by atoms with E-state index in [4.69, 9.17) is 17.3 Å². The van der Waals surface area contributed by atoms with Gasteiger partial charge in [-0.05, 0) is 12.1 Å². The molecular weight excluding hydrogens is 336 g/mol. The van der Waals surface area contributed by atoms with Gasteiger partial charge in [-0.3, -0.25) is 14.5 Å². The summed E-state index contributed by atoms with van der Waals surface area (Å²) in [5, 5.41) is 8.74. The summed E-state index contributed by atoms with van der Waals surface area (Å²) in [6.07, 6.45) is 1.35. The molecule has 0 saturated carbocycles. The minimum Gasteiger partial charge on any atom is -0.480 e. The van der Waals surface area contributed by atoms with Crippen molar-refractivity contribution in [2.75, 3.05) is 6.54 Å². The highest BCUT2D eigenvalue weighted by molar-refractivity contribution is 8.26. The quantitative estimate of drug-likeness (QED) is 0.654. The molecule has 1 fully saturated rings. The molecule has 22 heavy (non-hydrogen) atoms. The number of amides is 1. The number of benzene rings is 1. The molecule has 9 heteroatoms. The number of aliphatic carboxylic acids is 1. The topological polar surface area (TPSA) is 66.8 Å². The maximum absolute atomic E-state index is 12.3. The lowest BCUT2D eigenvalue weighted by Crippen LogP contribution is -2.33. The second-order valence-corrected chi connectivity index (χ2v) is 5.75. The smallest absolute Gasteiger partial charge is 0.387 e. The Bertz CT molecular complexity index is 663. The minimum atomic E-state index is -2.99. The molecule has 5 nitrogen and oxygen atoms in total. The van der Waals surface area contributed by atoms with Crippen LogP contribution in [0.4, 0.5) is 8.78 Å². The Morgan fingerprint density at radius 3 is 2.77 bits per heavy atom. The third-order valence-corrected chi connectivity index (χ3v) is 3.97. The third kappa shape index (κ3) is 3.80. The van der Waals surface area contributed by atoms with Crippen molar-refractivity contribution in [3.05, 3.63) is 34.7 Å². The number of carbonyl (C=O) groups excluding carboxylic acids is 1. The number of halogens is 2. The van der Waals surface area contributed by atoms with Crippen LogP contribution in [0.25, 0.3) is 6.08 Å². The van der Waals surface area contributed by atoms with Crippen LogP contribution in [-0.2, 0) is 9.59 Å². The molecule has 0 spiro atoms. The number of para-hydroxylation sites is 1. The average Bonchev–Trinajstić information content (AvgIpc) is 2.68. The van der Waals surface area contributed by atoms with Gasteiger partial charge in [-0.15, -0.1) is 0 Å². The molecule has 0 atom stereocenters. The van der Waals surface area contributed by atoms with E-state index in [1.54, 1.807) is 6.07 Å². The molecular formula is C13H9F2NO4S2. The van der Waals surface area contributed by atoms with Crippen LogP contribution in [0.3, 0.4) is 0 Å². The van der Waals surface area contributed by atoms with E-state index in [0.29, 0.717) is 0 Å². The Kier molecular flexibility index (Phi) is 5.09. The fraction of sp³-hybridized carbons (Fsp3) is 0.154. The first-order chi connectivity index (χ1) is 10.4. The van der Waals surface area contributed by atoms with Crippen molar-refractivity contribution in [1.29, 1.82) is 0 Å². The minimum absolute atomic E-state index is 0.0824. The van der Waals surface area contributed by atoms with Crippen LogP contribution < -0.4 is 4.74 Å². The molecule has 1 aromatic carbocycles. The number of carbonyl (C=O) groups is 2. The number of ether oxygens (including phenoxy) is 1. The van der Waals surface area contributed by atoms with E-state index in [-0.39, 0.29) is 20.5 Å². The Balaban J connectivity index is 2.29. The number of carboxylic acids is 1. The van der Waals surface area contributed by atoms with Crippen LogP contribution in [0.2, 0.25) is 0 Å². The van der Waals surface area contributed by atoms with Crippen LogP contribution in [0.5, 0.6) is 5.75 Å². The van der Waals surface area contributed by atoms with Gasteiger partial charge in [-0.2, -0.15) is 8.78 Å². The van der Waals surface area contributed by atoms with Gasteiger partial charge >= 0.3 is 12.6 Å². The van der Waals surface area contributed by atoms with E-state index in [0.717, 1.165) is 16.7 Å². The largest absolute Gasteiger partial charge is 0.480 e. The lowest BCUT2D eigenvalue weighted by Gasteiger charge is -2.10. The van der Waals surface area contributed by atoms with Gasteiger partial charge in [0.2, 0.25) is 0 Å². The van der Waals surface area contributed by atoms with E-state index in [2.05, 4.69) is 4.74 Å². The highest BCUT2D eigenvalue weighted by atomic mass is 32.2. The zero-order chi connectivity index (χ0) is 16.3. The standard InChI is InChI=1S/C13H9F2NO4S2/c14-12(15)20-8-4-2-1-3-7(8)5-9-11(19)16(6-10(17)18)13(21)22-9/h1-5,12H,6H2,(H,17,18)/b9-5-. The summed E-state index contributed by atoms with van der Waals surface area (Å²) in [6.45, 7) is -3.53. The highest BCUT2D eigenvalue weighted by Crippen LogP contribution is 2.34. The van der Waals surface area contributed by atoms with Crippen molar-refractivity contribution in [3.63, 3.8) is 0 Å². The molecule has 0 aliphatic carbocycles. The number of thioether (sulfide) groups is 1. The third-order valence-electron chi connectivity index (χ3n) is 2.59. The lowest BCUT2D eigenvalue weighted by molar-refractivity contribution is -0.140. The Labute approximate surface area is 133 Å². The summed E-state index contributed by atoms with van der Waals surface area (Å²) in [5.41, 5.74) is 0.277. The van der Waals surface area contributed by atoms with Crippen molar-refractivity contribution in [3.8, 4) is 5.75 Å². The highest BCUT2D eigenvalue weighted by Gasteiger charge is 2.33. The number of hydrogen-bond donors (Lipinski definition) is 1. The van der Waals surface area contributed by atoms with Gasteiger partial charge in [-0.1, -0.05) is 42.2 Å². The molecule has 0 aromatic heterocycles. The molecule has 1 N–H and O–H groups in total. The summed E-state index contributed by atoms with van der Waals surface area (Å²) < 4.78 is 29.2. The summed E-state index contributed by atoms with van der Waals surface area (Å²) in [5.74, 6) is -1.86. The number of hydrogen-bond acceptors (Lipinski definition) is 5. The first kappa shape index (κ1) is 16.4. The summed E-state index contributed by atoms with van der Waals surface area (Å²) in [4.78, 5) is 23.9. The number of alkyl halides is 2. The molecule has 1 heterocycles. The van der Waals surface area contributed by atoms with Crippen molar-refractivity contribution >= 4 is 46.3 Å². The zero-order valence-corrected chi connectivity index (χ0v) is 12.5. The number of carboxylic acid groups (broad SMARTS) is 1. The molecule has 2 rings (SSSR count). The maximum Gasteiger partial charge on any atom is 0.387 e. The molecule has 1 aliphatic rings. The van der Waals surface area contributed by atoms with E-state index in [1.165, 1.54) is 24.3 Å². The van der Waals surface area contributed by atoms with Crippen molar-refractivity contribution in [2.24, 2.45) is 0 Å². The second-order valence-electron chi connectivity index (χ2n) is 4.08. The molecule has 0 unspecified atom stereocenters. The molecule has 1 aromatic rings. The molecule has 1 amide bonds. The summed E-state index contributed by atoms with van der Waals surface area (Å²) in [6, 6.07) is 5.96. The normalized spacial score (nSPS) is 16.7.